The first-order chi connectivity index (χ1) is 11.4. The van der Waals surface area contributed by atoms with E-state index in [-0.39, 0.29) is 0 Å². The van der Waals surface area contributed by atoms with Gasteiger partial charge in [-0.3, -0.25) is 4.79 Å². The van der Waals surface area contributed by atoms with Gasteiger partial charge in [0.15, 0.2) is 6.10 Å². The number of hydrogen-bond acceptors (Lipinski definition) is 3. The summed E-state index contributed by atoms with van der Waals surface area (Å²) in [6, 6.07) is 13.6. The van der Waals surface area contributed by atoms with Gasteiger partial charge in [0.25, 0.3) is 5.91 Å². The van der Waals surface area contributed by atoms with Gasteiger partial charge in [0.2, 0.25) is 0 Å². The molecule has 0 fully saturated rings. The zero-order valence-electron chi connectivity index (χ0n) is 12.8. The van der Waals surface area contributed by atoms with E-state index in [4.69, 9.17) is 27.9 Å². The predicted molar refractivity (Wildman–Crippen MR) is 96.1 cm³/mol. The highest BCUT2D eigenvalue weighted by atomic mass is 35.5. The van der Waals surface area contributed by atoms with Gasteiger partial charge in [-0.05, 0) is 55.0 Å². The van der Waals surface area contributed by atoms with Crippen LogP contribution in [0.15, 0.2) is 54.6 Å². The molecule has 24 heavy (non-hydrogen) atoms. The minimum atomic E-state index is -0.933. The fourth-order valence-electron chi connectivity index (χ4n) is 1.82. The summed E-state index contributed by atoms with van der Waals surface area (Å²) in [5.41, 5.74) is 1.33. The average Bonchev–Trinajstić information content (AvgIpc) is 2.55. The smallest absolute Gasteiger partial charge is 0.331 e. The number of halogens is 2. The summed E-state index contributed by atoms with van der Waals surface area (Å²) >= 11 is 11.6. The Morgan fingerprint density at radius 3 is 2.46 bits per heavy atom. The van der Waals surface area contributed by atoms with E-state index in [1.165, 1.54) is 13.0 Å². The van der Waals surface area contributed by atoms with Gasteiger partial charge in [-0.2, -0.15) is 0 Å². The Balaban J connectivity index is 1.88. The van der Waals surface area contributed by atoms with Crippen molar-refractivity contribution in [2.75, 3.05) is 5.32 Å². The molecule has 4 nitrogen and oxygen atoms in total. The monoisotopic (exact) mass is 363 g/mol. The third-order valence-corrected chi connectivity index (χ3v) is 3.52. The predicted octanol–water partition coefficient (Wildman–Crippen LogP) is 4.58. The fraction of sp³-hybridized carbons (Fsp3) is 0.111. The van der Waals surface area contributed by atoms with Crippen LogP contribution in [0.3, 0.4) is 0 Å². The number of rotatable bonds is 5. The van der Waals surface area contributed by atoms with Crippen LogP contribution in [0.1, 0.15) is 12.5 Å². The van der Waals surface area contributed by atoms with Gasteiger partial charge in [-0.25, -0.2) is 4.79 Å². The maximum absolute atomic E-state index is 12.0. The van der Waals surface area contributed by atoms with Gasteiger partial charge in [0.1, 0.15) is 0 Å². The Bertz CT molecular complexity index is 757. The second-order valence-corrected chi connectivity index (χ2v) is 5.84. The van der Waals surface area contributed by atoms with Gasteiger partial charge in [0, 0.05) is 21.8 Å². The molecule has 0 aliphatic heterocycles. The molecule has 0 aliphatic rings. The van der Waals surface area contributed by atoms with Crippen molar-refractivity contribution in [1.82, 2.24) is 0 Å². The van der Waals surface area contributed by atoms with Crippen molar-refractivity contribution in [3.8, 4) is 0 Å². The number of benzene rings is 2. The molecular weight excluding hydrogens is 349 g/mol. The summed E-state index contributed by atoms with van der Waals surface area (Å²) in [6.45, 7) is 1.50. The van der Waals surface area contributed by atoms with Crippen molar-refractivity contribution in [2.45, 2.75) is 13.0 Å². The lowest BCUT2D eigenvalue weighted by atomic mass is 10.2. The van der Waals surface area contributed by atoms with Crippen LogP contribution >= 0.6 is 23.2 Å². The lowest BCUT2D eigenvalue weighted by Gasteiger charge is -2.12. The SMILES string of the molecule is C[C@H](OC(=O)/C=C/c1cccc(Cl)c1)C(=O)Nc1ccc(Cl)cc1. The number of hydrogen-bond donors (Lipinski definition) is 1. The van der Waals surface area contributed by atoms with Gasteiger partial charge in [-0.1, -0.05) is 35.3 Å². The molecule has 2 rings (SSSR count). The molecule has 1 amide bonds. The van der Waals surface area contributed by atoms with Crippen molar-refractivity contribution in [2.24, 2.45) is 0 Å². The maximum atomic E-state index is 12.0. The standard InChI is InChI=1S/C18H15Cl2NO3/c1-12(18(23)21-16-8-6-14(19)7-9-16)24-17(22)10-5-13-3-2-4-15(20)11-13/h2-12H,1H3,(H,21,23)/b10-5+/t12-/m0/s1. The van der Waals surface area contributed by atoms with Gasteiger partial charge >= 0.3 is 5.97 Å². The van der Waals surface area contributed by atoms with Gasteiger partial charge in [-0.15, -0.1) is 0 Å². The van der Waals surface area contributed by atoms with E-state index in [1.54, 1.807) is 54.6 Å². The molecule has 1 N–H and O–H groups in total. The van der Waals surface area contributed by atoms with Crippen LogP contribution in [0.2, 0.25) is 10.0 Å². The van der Waals surface area contributed by atoms with E-state index < -0.39 is 18.0 Å². The van der Waals surface area contributed by atoms with E-state index in [1.807, 2.05) is 0 Å². The Kier molecular flexibility index (Phi) is 6.41. The second-order valence-electron chi connectivity index (χ2n) is 4.96. The van der Waals surface area contributed by atoms with E-state index in [9.17, 15) is 9.59 Å². The molecule has 0 bridgehead atoms. The summed E-state index contributed by atoms with van der Waals surface area (Å²) in [5, 5.41) is 3.78. The molecule has 124 valence electrons. The molecule has 0 aliphatic carbocycles. The zero-order valence-corrected chi connectivity index (χ0v) is 14.3. The molecule has 0 radical (unpaired) electrons. The lowest BCUT2D eigenvalue weighted by Crippen LogP contribution is -2.29. The van der Waals surface area contributed by atoms with Crippen molar-refractivity contribution in [3.05, 3.63) is 70.2 Å². The van der Waals surface area contributed by atoms with Crippen LogP contribution in [-0.2, 0) is 14.3 Å². The third kappa shape index (κ3) is 5.72. The van der Waals surface area contributed by atoms with E-state index >= 15 is 0 Å². The summed E-state index contributed by atoms with van der Waals surface area (Å²) in [7, 11) is 0. The number of esters is 1. The largest absolute Gasteiger partial charge is 0.449 e. The molecular formula is C18H15Cl2NO3. The van der Waals surface area contributed by atoms with Crippen molar-refractivity contribution < 1.29 is 14.3 Å². The van der Waals surface area contributed by atoms with Crippen LogP contribution < -0.4 is 5.32 Å². The highest BCUT2D eigenvalue weighted by Gasteiger charge is 2.16. The number of nitrogens with one attached hydrogen (secondary N) is 1. The van der Waals surface area contributed by atoms with Gasteiger partial charge < -0.3 is 10.1 Å². The first-order valence-corrected chi connectivity index (χ1v) is 7.90. The van der Waals surface area contributed by atoms with Crippen molar-refractivity contribution >= 4 is 46.8 Å². The molecule has 2 aromatic rings. The zero-order chi connectivity index (χ0) is 17.5. The highest BCUT2D eigenvalue weighted by molar-refractivity contribution is 6.31. The van der Waals surface area contributed by atoms with Crippen LogP contribution in [0.5, 0.6) is 0 Å². The Morgan fingerprint density at radius 1 is 1.08 bits per heavy atom. The quantitative estimate of drug-likeness (QED) is 0.624. The van der Waals surface area contributed by atoms with Gasteiger partial charge in [0.05, 0.1) is 0 Å². The first kappa shape index (κ1) is 18.0. The molecule has 0 aromatic heterocycles. The Morgan fingerprint density at radius 2 is 1.79 bits per heavy atom. The summed E-state index contributed by atoms with van der Waals surface area (Å²) in [5.74, 6) is -1.05. The summed E-state index contributed by atoms with van der Waals surface area (Å²) < 4.78 is 5.06. The number of ether oxygens (including phenoxy) is 1. The summed E-state index contributed by atoms with van der Waals surface area (Å²) in [4.78, 5) is 23.8. The van der Waals surface area contributed by atoms with Crippen LogP contribution in [0, 0.1) is 0 Å². The Hall–Kier alpha value is -2.30. The molecule has 0 saturated heterocycles. The maximum Gasteiger partial charge on any atom is 0.331 e. The molecule has 0 unspecified atom stereocenters. The molecule has 0 saturated carbocycles. The molecule has 1 atom stereocenters. The molecule has 6 heteroatoms. The van der Waals surface area contributed by atoms with E-state index in [0.717, 1.165) is 5.56 Å². The minimum absolute atomic E-state index is 0.429. The number of anilines is 1. The highest BCUT2D eigenvalue weighted by Crippen LogP contribution is 2.14. The van der Waals surface area contributed by atoms with Crippen LogP contribution in [0.4, 0.5) is 5.69 Å². The molecule has 0 heterocycles. The minimum Gasteiger partial charge on any atom is -0.449 e. The fourth-order valence-corrected chi connectivity index (χ4v) is 2.14. The average molecular weight is 364 g/mol. The normalized spacial score (nSPS) is 12.0. The van der Waals surface area contributed by atoms with E-state index in [2.05, 4.69) is 5.32 Å². The lowest BCUT2D eigenvalue weighted by molar-refractivity contribution is -0.148. The van der Waals surface area contributed by atoms with Crippen LogP contribution in [0.25, 0.3) is 6.08 Å². The summed E-state index contributed by atoms with van der Waals surface area (Å²) in [6.07, 6.45) is 1.88. The number of carbonyl (C=O) groups excluding carboxylic acids is 2. The van der Waals surface area contributed by atoms with Crippen molar-refractivity contribution in [1.29, 1.82) is 0 Å². The second kappa shape index (κ2) is 8.52. The topological polar surface area (TPSA) is 55.4 Å². The molecule has 2 aromatic carbocycles. The Labute approximate surface area is 150 Å². The number of carbonyl (C=O) groups is 2. The van der Waals surface area contributed by atoms with Crippen molar-refractivity contribution in [3.63, 3.8) is 0 Å². The third-order valence-electron chi connectivity index (χ3n) is 3.03. The first-order valence-electron chi connectivity index (χ1n) is 7.15. The van der Waals surface area contributed by atoms with Crippen LogP contribution in [-0.4, -0.2) is 18.0 Å². The molecule has 0 spiro atoms. The number of amides is 1. The van der Waals surface area contributed by atoms with E-state index in [0.29, 0.717) is 15.7 Å².